The molecule has 230 valence electrons. The Bertz CT molecular complexity index is 2840. The third-order valence-electron chi connectivity index (χ3n) is 9.68. The molecule has 49 heavy (non-hydrogen) atoms. The van der Waals surface area contributed by atoms with E-state index in [4.69, 9.17) is 4.42 Å². The van der Waals surface area contributed by atoms with Crippen LogP contribution in [-0.4, -0.2) is 0 Å². The van der Waals surface area contributed by atoms with Crippen LogP contribution < -0.4 is 4.90 Å². The molecule has 0 saturated heterocycles. The van der Waals surface area contributed by atoms with Gasteiger partial charge in [-0.1, -0.05) is 115 Å². The molecule has 0 saturated carbocycles. The number of anilines is 3. The molecule has 10 rings (SSSR count). The van der Waals surface area contributed by atoms with Gasteiger partial charge in [-0.2, -0.15) is 0 Å². The monoisotopic (exact) mass is 643 g/mol. The molecule has 2 nitrogen and oxygen atoms in total. The molecule has 0 fully saturated rings. The third-order valence-corrected chi connectivity index (χ3v) is 10.8. The number of furan rings is 1. The molecule has 10 aromatic rings. The number of nitrogens with zero attached hydrogens (tertiary/aromatic N) is 1. The number of thiophene rings is 1. The minimum atomic E-state index is 0.901. The first-order valence-corrected chi connectivity index (χ1v) is 17.4. The number of para-hydroxylation sites is 2. The van der Waals surface area contributed by atoms with Crippen LogP contribution in [0, 0.1) is 0 Å². The van der Waals surface area contributed by atoms with Crippen molar-refractivity contribution in [2.24, 2.45) is 0 Å². The molecule has 2 aromatic heterocycles. The Morgan fingerprint density at radius 2 is 1.04 bits per heavy atom. The van der Waals surface area contributed by atoms with E-state index in [2.05, 4.69) is 169 Å². The number of rotatable bonds is 5. The van der Waals surface area contributed by atoms with Crippen LogP contribution in [0.1, 0.15) is 0 Å². The normalized spacial score (nSPS) is 11.7. The number of fused-ring (bicyclic) bond motifs is 7. The summed E-state index contributed by atoms with van der Waals surface area (Å²) in [5, 5.41) is 7.34. The quantitative estimate of drug-likeness (QED) is 0.186. The van der Waals surface area contributed by atoms with E-state index in [0.29, 0.717) is 0 Å². The maximum Gasteiger partial charge on any atom is 0.135 e. The van der Waals surface area contributed by atoms with Gasteiger partial charge in [-0.3, -0.25) is 0 Å². The van der Waals surface area contributed by atoms with E-state index in [0.717, 1.165) is 50.1 Å². The molecular formula is C46H29NOS. The molecule has 0 bridgehead atoms. The summed E-state index contributed by atoms with van der Waals surface area (Å²) in [7, 11) is 0. The Hall–Kier alpha value is -6.16. The van der Waals surface area contributed by atoms with Crippen LogP contribution in [0.2, 0.25) is 0 Å². The second-order valence-corrected chi connectivity index (χ2v) is 13.6. The van der Waals surface area contributed by atoms with E-state index >= 15 is 0 Å². The van der Waals surface area contributed by atoms with Crippen LogP contribution in [0.15, 0.2) is 180 Å². The first kappa shape index (κ1) is 27.9. The van der Waals surface area contributed by atoms with Gasteiger partial charge in [0.2, 0.25) is 0 Å². The van der Waals surface area contributed by atoms with Gasteiger partial charge in [0.05, 0.1) is 5.69 Å². The Balaban J connectivity index is 1.17. The SMILES string of the molecule is c1ccc(N(c2ccc(-c3cccc4ccccc34)cc2)c2ccc3sc4ccccc4c3c2)c(-c2ccc3oc4ccccc4c3c2)c1. The second-order valence-electron chi connectivity index (χ2n) is 12.5. The van der Waals surface area contributed by atoms with Gasteiger partial charge in [-0.15, -0.1) is 11.3 Å². The molecule has 0 atom stereocenters. The van der Waals surface area contributed by atoms with E-state index in [1.165, 1.54) is 42.1 Å². The molecule has 0 unspecified atom stereocenters. The molecule has 0 aliphatic heterocycles. The molecule has 0 aliphatic rings. The molecule has 2 heterocycles. The van der Waals surface area contributed by atoms with Gasteiger partial charge < -0.3 is 9.32 Å². The number of benzene rings is 8. The zero-order chi connectivity index (χ0) is 32.3. The summed E-state index contributed by atoms with van der Waals surface area (Å²) in [6, 6.07) is 63.4. The van der Waals surface area contributed by atoms with Crippen molar-refractivity contribution in [2.45, 2.75) is 0 Å². The zero-order valence-electron chi connectivity index (χ0n) is 26.5. The van der Waals surface area contributed by atoms with Gasteiger partial charge in [-0.05, 0) is 88.1 Å². The number of hydrogen-bond acceptors (Lipinski definition) is 3. The highest BCUT2D eigenvalue weighted by atomic mass is 32.1. The Morgan fingerprint density at radius 3 is 1.96 bits per heavy atom. The zero-order valence-corrected chi connectivity index (χ0v) is 27.3. The highest BCUT2D eigenvalue weighted by Gasteiger charge is 2.19. The predicted molar refractivity (Wildman–Crippen MR) is 210 cm³/mol. The summed E-state index contributed by atoms with van der Waals surface area (Å²) in [6.07, 6.45) is 0. The summed E-state index contributed by atoms with van der Waals surface area (Å²) in [4.78, 5) is 2.41. The fourth-order valence-electron chi connectivity index (χ4n) is 7.35. The molecular weight excluding hydrogens is 615 g/mol. The fourth-order valence-corrected chi connectivity index (χ4v) is 8.44. The molecule has 0 N–H and O–H groups in total. The van der Waals surface area contributed by atoms with Crippen molar-refractivity contribution in [3.63, 3.8) is 0 Å². The summed E-state index contributed by atoms with van der Waals surface area (Å²) < 4.78 is 8.79. The van der Waals surface area contributed by atoms with Gasteiger partial charge in [0.15, 0.2) is 0 Å². The van der Waals surface area contributed by atoms with Crippen molar-refractivity contribution in [2.75, 3.05) is 4.90 Å². The largest absolute Gasteiger partial charge is 0.456 e. The minimum absolute atomic E-state index is 0.901. The summed E-state index contributed by atoms with van der Waals surface area (Å²) in [5.74, 6) is 0. The van der Waals surface area contributed by atoms with Gasteiger partial charge >= 0.3 is 0 Å². The highest BCUT2D eigenvalue weighted by Crippen LogP contribution is 2.45. The van der Waals surface area contributed by atoms with E-state index in [-0.39, 0.29) is 0 Å². The van der Waals surface area contributed by atoms with Crippen molar-refractivity contribution in [1.29, 1.82) is 0 Å². The summed E-state index contributed by atoms with van der Waals surface area (Å²) in [5.41, 5.74) is 9.89. The Morgan fingerprint density at radius 1 is 0.388 bits per heavy atom. The smallest absolute Gasteiger partial charge is 0.135 e. The Labute approximate surface area is 287 Å². The van der Waals surface area contributed by atoms with E-state index in [1.807, 2.05) is 23.5 Å². The summed E-state index contributed by atoms with van der Waals surface area (Å²) in [6.45, 7) is 0. The van der Waals surface area contributed by atoms with Gasteiger partial charge in [0.1, 0.15) is 11.2 Å². The van der Waals surface area contributed by atoms with Crippen molar-refractivity contribution in [3.05, 3.63) is 176 Å². The van der Waals surface area contributed by atoms with Crippen LogP contribution in [0.25, 0.3) is 75.1 Å². The van der Waals surface area contributed by atoms with Crippen molar-refractivity contribution in [1.82, 2.24) is 0 Å². The van der Waals surface area contributed by atoms with Crippen LogP contribution >= 0.6 is 11.3 Å². The Kier molecular flexibility index (Phi) is 6.39. The highest BCUT2D eigenvalue weighted by molar-refractivity contribution is 7.25. The fraction of sp³-hybridized carbons (Fsp3) is 0. The molecule has 0 spiro atoms. The maximum absolute atomic E-state index is 6.19. The van der Waals surface area contributed by atoms with Gasteiger partial charge in [-0.25, -0.2) is 0 Å². The molecule has 0 radical (unpaired) electrons. The van der Waals surface area contributed by atoms with Crippen LogP contribution in [0.5, 0.6) is 0 Å². The van der Waals surface area contributed by atoms with E-state index in [1.54, 1.807) is 0 Å². The topological polar surface area (TPSA) is 16.4 Å². The lowest BCUT2D eigenvalue weighted by Gasteiger charge is -2.28. The predicted octanol–water partition coefficient (Wildman–Crippen LogP) is 13.9. The minimum Gasteiger partial charge on any atom is -0.456 e. The van der Waals surface area contributed by atoms with Crippen molar-refractivity contribution < 1.29 is 4.42 Å². The van der Waals surface area contributed by atoms with Crippen LogP contribution in [0.3, 0.4) is 0 Å². The molecule has 0 aliphatic carbocycles. The second kappa shape index (κ2) is 11.2. The lowest BCUT2D eigenvalue weighted by atomic mass is 9.97. The van der Waals surface area contributed by atoms with Crippen molar-refractivity contribution >= 4 is 81.3 Å². The van der Waals surface area contributed by atoms with Crippen LogP contribution in [0.4, 0.5) is 17.1 Å². The molecule has 8 aromatic carbocycles. The van der Waals surface area contributed by atoms with Crippen molar-refractivity contribution in [3.8, 4) is 22.3 Å². The summed E-state index contributed by atoms with van der Waals surface area (Å²) >= 11 is 1.85. The lowest BCUT2D eigenvalue weighted by molar-refractivity contribution is 0.669. The molecule has 0 amide bonds. The average molecular weight is 644 g/mol. The van der Waals surface area contributed by atoms with Gasteiger partial charge in [0.25, 0.3) is 0 Å². The number of hydrogen-bond donors (Lipinski definition) is 0. The van der Waals surface area contributed by atoms with E-state index in [9.17, 15) is 0 Å². The standard InChI is InChI=1S/C46H29NOS/c1-2-12-35-30(10-1)11-9-16-36(35)31-20-23-33(24-21-31)47(34-25-27-46-41(29-34)39-15-5-8-19-45(39)49-46)42-17-6-3-13-37(42)32-22-26-44-40(28-32)38-14-4-7-18-43(38)48-44/h1-29H. The van der Waals surface area contributed by atoms with Gasteiger partial charge in [0, 0.05) is 47.9 Å². The van der Waals surface area contributed by atoms with Crippen LogP contribution in [-0.2, 0) is 0 Å². The first-order chi connectivity index (χ1) is 24.3. The molecule has 3 heteroatoms. The van der Waals surface area contributed by atoms with E-state index < -0.39 is 0 Å². The first-order valence-electron chi connectivity index (χ1n) is 16.6. The maximum atomic E-state index is 6.19. The third kappa shape index (κ3) is 4.62. The lowest BCUT2D eigenvalue weighted by Crippen LogP contribution is -2.11. The average Bonchev–Trinajstić information content (AvgIpc) is 3.73.